The van der Waals surface area contributed by atoms with E-state index in [9.17, 15) is 13.2 Å². The summed E-state index contributed by atoms with van der Waals surface area (Å²) in [5.74, 6) is 1.03. The maximum Gasteiger partial charge on any atom is 0.438 e. The highest BCUT2D eigenvalue weighted by molar-refractivity contribution is 5.77. The Balaban J connectivity index is 1.32. The van der Waals surface area contributed by atoms with E-state index in [4.69, 9.17) is 14.5 Å². The van der Waals surface area contributed by atoms with Crippen LogP contribution in [0, 0.1) is 0 Å². The maximum atomic E-state index is 13.4. The Morgan fingerprint density at radius 2 is 1.74 bits per heavy atom. The molecule has 0 aliphatic heterocycles. The van der Waals surface area contributed by atoms with Gasteiger partial charge in [0.2, 0.25) is 17.5 Å². The normalized spacial score (nSPS) is 13.7. The molecule has 0 amide bonds. The number of fused-ring (bicyclic) bond motifs is 1. The van der Waals surface area contributed by atoms with Crippen molar-refractivity contribution in [3.8, 4) is 34.5 Å². The molecular weight excluding hydrogens is 513 g/mol. The zero-order valence-corrected chi connectivity index (χ0v) is 21.3. The lowest BCUT2D eigenvalue weighted by molar-refractivity contribution is -0.142. The maximum absolute atomic E-state index is 13.4. The van der Waals surface area contributed by atoms with Gasteiger partial charge in [-0.1, -0.05) is 24.3 Å². The monoisotopic (exact) mass is 536 g/mol. The summed E-state index contributed by atoms with van der Waals surface area (Å²) in [7, 11) is 4.23. The number of nitrogens with zero attached hydrogens (tertiary/aromatic N) is 8. The van der Waals surface area contributed by atoms with Crippen LogP contribution in [0.1, 0.15) is 35.7 Å². The van der Waals surface area contributed by atoms with E-state index in [1.54, 1.807) is 36.3 Å². The molecule has 200 valence electrons. The minimum Gasteiger partial charge on any atom is -0.481 e. The highest BCUT2D eigenvalue weighted by atomic mass is 19.4. The fraction of sp³-hybridized carbons (Fsp3) is 0.308. The molecule has 1 aliphatic carbocycles. The first-order valence-electron chi connectivity index (χ1n) is 12.1. The lowest BCUT2D eigenvalue weighted by Crippen LogP contribution is -2.08. The Labute approximate surface area is 220 Å². The number of aromatic nitrogens is 8. The number of methoxy groups -OCH3 is 2. The molecule has 10 nitrogen and oxygen atoms in total. The average Bonchev–Trinajstić information content (AvgIpc) is 3.62. The number of imidazole rings is 1. The number of hydrogen-bond acceptors (Lipinski definition) is 8. The fourth-order valence-corrected chi connectivity index (χ4v) is 4.61. The topological polar surface area (TPSA) is 106 Å². The number of benzene rings is 1. The molecule has 4 heterocycles. The van der Waals surface area contributed by atoms with Crippen LogP contribution in [0.3, 0.4) is 0 Å². The molecular formula is C26H23F3N8O2. The minimum absolute atomic E-state index is 0.151. The number of halogens is 3. The van der Waals surface area contributed by atoms with Gasteiger partial charge in [-0.05, 0) is 18.4 Å². The first-order valence-corrected chi connectivity index (χ1v) is 12.1. The zero-order valence-electron chi connectivity index (χ0n) is 21.3. The van der Waals surface area contributed by atoms with Gasteiger partial charge >= 0.3 is 6.18 Å². The van der Waals surface area contributed by atoms with E-state index in [1.165, 1.54) is 25.1 Å². The number of hydrogen-bond donors (Lipinski definition) is 0. The predicted molar refractivity (Wildman–Crippen MR) is 134 cm³/mol. The van der Waals surface area contributed by atoms with E-state index in [-0.39, 0.29) is 11.7 Å². The molecule has 1 aliphatic rings. The molecule has 0 N–H and O–H groups in total. The van der Waals surface area contributed by atoms with Crippen molar-refractivity contribution in [3.63, 3.8) is 0 Å². The second-order valence-corrected chi connectivity index (χ2v) is 9.24. The molecule has 0 saturated heterocycles. The second-order valence-electron chi connectivity index (χ2n) is 9.24. The molecule has 6 rings (SSSR count). The average molecular weight is 537 g/mol. The molecule has 5 aromatic rings. The van der Waals surface area contributed by atoms with Crippen LogP contribution in [-0.2, 0) is 19.8 Å². The summed E-state index contributed by atoms with van der Waals surface area (Å²) in [6.07, 6.45) is 2.36. The SMILES string of the molecule is COc1ncnc(C2CC2)c1-c1ncc2cnn(Cc3ccc(-c4nc(C(F)(F)F)c(OC)n4C)cc3)c2n1. The van der Waals surface area contributed by atoms with E-state index in [0.717, 1.165) is 29.5 Å². The van der Waals surface area contributed by atoms with Crippen molar-refractivity contribution in [2.45, 2.75) is 31.5 Å². The predicted octanol–water partition coefficient (Wildman–Crippen LogP) is 4.65. The quantitative estimate of drug-likeness (QED) is 0.296. The van der Waals surface area contributed by atoms with Crippen molar-refractivity contribution in [1.82, 2.24) is 39.3 Å². The smallest absolute Gasteiger partial charge is 0.438 e. The molecule has 13 heteroatoms. The highest BCUT2D eigenvalue weighted by Gasteiger charge is 2.39. The summed E-state index contributed by atoms with van der Waals surface area (Å²) < 4.78 is 53.7. The Bertz CT molecular complexity index is 1670. The van der Waals surface area contributed by atoms with E-state index in [2.05, 4.69) is 25.0 Å². The molecule has 0 unspecified atom stereocenters. The molecule has 0 radical (unpaired) electrons. The third-order valence-corrected chi connectivity index (χ3v) is 6.65. The Morgan fingerprint density at radius 3 is 2.38 bits per heavy atom. The van der Waals surface area contributed by atoms with Crippen LogP contribution in [-0.4, -0.2) is 53.5 Å². The van der Waals surface area contributed by atoms with Crippen LogP contribution in [0.25, 0.3) is 33.8 Å². The minimum atomic E-state index is -4.63. The summed E-state index contributed by atoms with van der Waals surface area (Å²) in [5.41, 5.74) is 2.53. The molecule has 0 atom stereocenters. The number of ether oxygens (including phenoxy) is 2. The summed E-state index contributed by atoms with van der Waals surface area (Å²) in [6, 6.07) is 7.08. The molecule has 1 aromatic carbocycles. The molecule has 1 fully saturated rings. The van der Waals surface area contributed by atoms with Crippen molar-refractivity contribution in [2.75, 3.05) is 14.2 Å². The van der Waals surface area contributed by atoms with Crippen molar-refractivity contribution < 1.29 is 22.6 Å². The third kappa shape index (κ3) is 4.43. The van der Waals surface area contributed by atoms with Crippen molar-refractivity contribution in [3.05, 3.63) is 59.9 Å². The van der Waals surface area contributed by atoms with E-state index < -0.39 is 11.9 Å². The van der Waals surface area contributed by atoms with Crippen molar-refractivity contribution in [2.24, 2.45) is 7.05 Å². The first kappa shape index (κ1) is 24.8. The van der Waals surface area contributed by atoms with E-state index in [0.29, 0.717) is 40.9 Å². The zero-order chi connectivity index (χ0) is 27.3. The molecule has 4 aromatic heterocycles. The van der Waals surface area contributed by atoms with Crippen LogP contribution < -0.4 is 9.47 Å². The Hall–Kier alpha value is -4.55. The second kappa shape index (κ2) is 9.33. The van der Waals surface area contributed by atoms with Gasteiger partial charge < -0.3 is 9.47 Å². The fourth-order valence-electron chi connectivity index (χ4n) is 4.61. The van der Waals surface area contributed by atoms with Gasteiger partial charge in [0.25, 0.3) is 0 Å². The van der Waals surface area contributed by atoms with Crippen LogP contribution in [0.4, 0.5) is 13.2 Å². The summed E-state index contributed by atoms with van der Waals surface area (Å²) >= 11 is 0. The molecule has 39 heavy (non-hydrogen) atoms. The van der Waals surface area contributed by atoms with Crippen molar-refractivity contribution >= 4 is 11.0 Å². The summed E-state index contributed by atoms with van der Waals surface area (Å²) in [6.45, 7) is 0.385. The van der Waals surface area contributed by atoms with Gasteiger partial charge in [-0.3, -0.25) is 4.57 Å². The van der Waals surface area contributed by atoms with Gasteiger partial charge in [0, 0.05) is 24.7 Å². The highest BCUT2D eigenvalue weighted by Crippen LogP contribution is 2.45. The standard InChI is InChI=1S/C26H23F3N8O2/c1-36-22(34-20(25(36)39-3)26(27,28)29)16-6-4-14(5-7-16)12-37-23-17(11-33-37)10-30-21(35-23)18-19(15-8-9-15)31-13-32-24(18)38-2/h4-7,10-11,13,15H,8-9,12H2,1-3H3. The van der Waals surface area contributed by atoms with Crippen LogP contribution in [0.2, 0.25) is 0 Å². The molecule has 1 saturated carbocycles. The van der Waals surface area contributed by atoms with Gasteiger partial charge in [0.1, 0.15) is 17.7 Å². The van der Waals surface area contributed by atoms with Gasteiger partial charge in [0.05, 0.1) is 38.0 Å². The van der Waals surface area contributed by atoms with Crippen LogP contribution >= 0.6 is 0 Å². The van der Waals surface area contributed by atoms with E-state index >= 15 is 0 Å². The number of rotatable bonds is 7. The Kier molecular flexibility index (Phi) is 5.92. The van der Waals surface area contributed by atoms with Crippen LogP contribution in [0.5, 0.6) is 11.8 Å². The Morgan fingerprint density at radius 1 is 0.974 bits per heavy atom. The van der Waals surface area contributed by atoms with Gasteiger partial charge in [-0.25, -0.2) is 29.6 Å². The van der Waals surface area contributed by atoms with Gasteiger partial charge in [-0.15, -0.1) is 0 Å². The van der Waals surface area contributed by atoms with Gasteiger partial charge in [-0.2, -0.15) is 18.3 Å². The summed E-state index contributed by atoms with van der Waals surface area (Å²) in [4.78, 5) is 21.9. The largest absolute Gasteiger partial charge is 0.481 e. The lowest BCUT2D eigenvalue weighted by atomic mass is 10.1. The van der Waals surface area contributed by atoms with Gasteiger partial charge in [0.15, 0.2) is 11.5 Å². The molecule has 0 spiro atoms. The van der Waals surface area contributed by atoms with E-state index in [1.807, 2.05) is 12.1 Å². The third-order valence-electron chi connectivity index (χ3n) is 6.65. The first-order chi connectivity index (χ1) is 18.8. The summed E-state index contributed by atoms with van der Waals surface area (Å²) in [5, 5.41) is 5.24. The van der Waals surface area contributed by atoms with Crippen molar-refractivity contribution in [1.29, 1.82) is 0 Å². The lowest BCUT2D eigenvalue weighted by Gasteiger charge is -2.11. The molecule has 0 bridgehead atoms. The number of alkyl halides is 3. The van der Waals surface area contributed by atoms with Crippen LogP contribution in [0.15, 0.2) is 43.0 Å².